The van der Waals surface area contributed by atoms with E-state index in [-0.39, 0.29) is 5.41 Å². The Labute approximate surface area is 100 Å². The van der Waals surface area contributed by atoms with Crippen molar-refractivity contribution in [2.45, 2.75) is 25.2 Å². The number of aromatic amines is 1. The molecule has 1 fully saturated rings. The van der Waals surface area contributed by atoms with Gasteiger partial charge < -0.3 is 5.73 Å². The van der Waals surface area contributed by atoms with E-state index in [2.05, 4.69) is 34.2 Å². The van der Waals surface area contributed by atoms with Crippen LogP contribution < -0.4 is 5.73 Å². The molecule has 3 rings (SSSR count). The third-order valence-corrected chi connectivity index (χ3v) is 3.70. The number of nitrogens with two attached hydrogens (primary N) is 1. The van der Waals surface area contributed by atoms with Gasteiger partial charge in [-0.2, -0.15) is 5.10 Å². The van der Waals surface area contributed by atoms with E-state index in [1.165, 1.54) is 5.56 Å². The Morgan fingerprint density at radius 3 is 2.82 bits per heavy atom. The zero-order chi connectivity index (χ0) is 11.9. The van der Waals surface area contributed by atoms with Crippen LogP contribution in [-0.4, -0.2) is 15.2 Å². The Kier molecular flexibility index (Phi) is 2.18. The van der Waals surface area contributed by atoms with Crippen LogP contribution in [0, 0.1) is 5.92 Å². The van der Waals surface area contributed by atoms with E-state index in [1.54, 1.807) is 6.33 Å². The zero-order valence-electron chi connectivity index (χ0n) is 9.85. The molecule has 1 aromatic heterocycles. The SMILES string of the molecule is CC1CC(c2cccc(N)c2)(c2ncn[nH]2)C1. The summed E-state index contributed by atoms with van der Waals surface area (Å²) in [6.45, 7) is 2.26. The Morgan fingerprint density at radius 1 is 1.41 bits per heavy atom. The number of anilines is 1. The van der Waals surface area contributed by atoms with Gasteiger partial charge in [0.2, 0.25) is 0 Å². The van der Waals surface area contributed by atoms with Crippen molar-refractivity contribution in [1.82, 2.24) is 15.2 Å². The molecule has 1 aliphatic rings. The van der Waals surface area contributed by atoms with Crippen LogP contribution in [0.4, 0.5) is 5.69 Å². The van der Waals surface area contributed by atoms with Gasteiger partial charge in [-0.15, -0.1) is 0 Å². The number of nitrogens with zero attached hydrogens (tertiary/aromatic N) is 2. The van der Waals surface area contributed by atoms with Gasteiger partial charge >= 0.3 is 0 Å². The number of aromatic nitrogens is 3. The number of hydrogen-bond donors (Lipinski definition) is 2. The van der Waals surface area contributed by atoms with Crippen molar-refractivity contribution in [2.75, 3.05) is 5.73 Å². The van der Waals surface area contributed by atoms with Crippen molar-refractivity contribution in [2.24, 2.45) is 5.92 Å². The summed E-state index contributed by atoms with van der Waals surface area (Å²) >= 11 is 0. The number of nitrogen functional groups attached to an aromatic ring is 1. The van der Waals surface area contributed by atoms with E-state index in [9.17, 15) is 0 Å². The second kappa shape index (κ2) is 3.58. The second-order valence-corrected chi connectivity index (χ2v) is 5.06. The quantitative estimate of drug-likeness (QED) is 0.773. The first-order valence-electron chi connectivity index (χ1n) is 5.92. The van der Waals surface area contributed by atoms with Gasteiger partial charge in [-0.05, 0) is 36.5 Å². The summed E-state index contributed by atoms with van der Waals surface area (Å²) in [6.07, 6.45) is 3.78. The second-order valence-electron chi connectivity index (χ2n) is 5.06. The van der Waals surface area contributed by atoms with Gasteiger partial charge in [-0.3, -0.25) is 5.10 Å². The minimum Gasteiger partial charge on any atom is -0.399 e. The minimum absolute atomic E-state index is 0.00863. The first-order chi connectivity index (χ1) is 8.21. The summed E-state index contributed by atoms with van der Waals surface area (Å²) in [5, 5.41) is 6.99. The van der Waals surface area contributed by atoms with Gasteiger partial charge in [0.05, 0.1) is 5.41 Å². The maximum atomic E-state index is 5.88. The van der Waals surface area contributed by atoms with Crippen LogP contribution in [-0.2, 0) is 5.41 Å². The molecule has 4 nitrogen and oxygen atoms in total. The normalized spacial score (nSPS) is 27.7. The zero-order valence-corrected chi connectivity index (χ0v) is 9.85. The largest absolute Gasteiger partial charge is 0.399 e. The highest BCUT2D eigenvalue weighted by Gasteiger charge is 2.47. The van der Waals surface area contributed by atoms with Crippen molar-refractivity contribution in [1.29, 1.82) is 0 Å². The van der Waals surface area contributed by atoms with Crippen LogP contribution in [0.3, 0.4) is 0 Å². The molecule has 0 bridgehead atoms. The van der Waals surface area contributed by atoms with Crippen molar-refractivity contribution < 1.29 is 0 Å². The van der Waals surface area contributed by atoms with E-state index in [0.717, 1.165) is 30.3 Å². The topological polar surface area (TPSA) is 67.6 Å². The van der Waals surface area contributed by atoms with Crippen LogP contribution in [0.25, 0.3) is 0 Å². The lowest BCUT2D eigenvalue weighted by molar-refractivity contribution is 0.190. The standard InChI is InChI=1S/C13H16N4/c1-9-6-13(7-9,12-15-8-16-17-12)10-3-2-4-11(14)5-10/h2-5,8-9H,6-7,14H2,1H3,(H,15,16,17). The van der Waals surface area contributed by atoms with E-state index in [0.29, 0.717) is 0 Å². The molecular formula is C13H16N4. The highest BCUT2D eigenvalue weighted by atomic mass is 15.2. The Balaban J connectivity index is 2.07. The maximum absolute atomic E-state index is 5.88. The molecule has 88 valence electrons. The van der Waals surface area contributed by atoms with E-state index < -0.39 is 0 Å². The van der Waals surface area contributed by atoms with Crippen LogP contribution in [0.2, 0.25) is 0 Å². The molecule has 1 saturated carbocycles. The molecule has 0 amide bonds. The first-order valence-corrected chi connectivity index (χ1v) is 5.92. The molecule has 0 atom stereocenters. The van der Waals surface area contributed by atoms with Gasteiger partial charge in [0.25, 0.3) is 0 Å². The van der Waals surface area contributed by atoms with Crippen molar-refractivity contribution in [3.63, 3.8) is 0 Å². The predicted molar refractivity (Wildman–Crippen MR) is 66.4 cm³/mol. The van der Waals surface area contributed by atoms with Crippen LogP contribution in [0.15, 0.2) is 30.6 Å². The van der Waals surface area contributed by atoms with Crippen LogP contribution >= 0.6 is 0 Å². The molecule has 1 aromatic carbocycles. The highest BCUT2D eigenvalue weighted by molar-refractivity contribution is 5.46. The lowest BCUT2D eigenvalue weighted by atomic mass is 9.58. The lowest BCUT2D eigenvalue weighted by Gasteiger charge is -2.45. The van der Waals surface area contributed by atoms with Gasteiger partial charge in [-0.25, -0.2) is 4.98 Å². The van der Waals surface area contributed by atoms with Crippen molar-refractivity contribution in [3.8, 4) is 0 Å². The van der Waals surface area contributed by atoms with Crippen molar-refractivity contribution in [3.05, 3.63) is 42.0 Å². The average molecular weight is 228 g/mol. The molecule has 0 aliphatic heterocycles. The molecule has 0 spiro atoms. The van der Waals surface area contributed by atoms with E-state index in [1.807, 2.05) is 12.1 Å². The molecule has 0 saturated heterocycles. The van der Waals surface area contributed by atoms with Crippen molar-refractivity contribution >= 4 is 5.69 Å². The van der Waals surface area contributed by atoms with Gasteiger partial charge in [0, 0.05) is 5.69 Å². The summed E-state index contributed by atoms with van der Waals surface area (Å²) in [5.41, 5.74) is 7.92. The Bertz CT molecular complexity index is 512. The number of hydrogen-bond acceptors (Lipinski definition) is 3. The predicted octanol–water partition coefficient (Wildman–Crippen LogP) is 2.10. The van der Waals surface area contributed by atoms with Crippen LogP contribution in [0.5, 0.6) is 0 Å². The summed E-state index contributed by atoms with van der Waals surface area (Å²) in [6, 6.07) is 8.10. The molecule has 0 radical (unpaired) electrons. The Morgan fingerprint density at radius 2 is 2.24 bits per heavy atom. The first kappa shape index (κ1) is 10.3. The summed E-state index contributed by atoms with van der Waals surface area (Å²) in [4.78, 5) is 4.34. The van der Waals surface area contributed by atoms with Gasteiger partial charge in [-0.1, -0.05) is 19.1 Å². The fraction of sp³-hybridized carbons (Fsp3) is 0.385. The Hall–Kier alpha value is -1.84. The van der Waals surface area contributed by atoms with Crippen LogP contribution in [0.1, 0.15) is 31.2 Å². The number of nitrogens with one attached hydrogen (secondary N) is 1. The number of H-pyrrole nitrogens is 1. The van der Waals surface area contributed by atoms with Gasteiger partial charge in [0.1, 0.15) is 12.2 Å². The van der Waals surface area contributed by atoms with E-state index >= 15 is 0 Å². The molecule has 2 aromatic rings. The third-order valence-electron chi connectivity index (χ3n) is 3.70. The molecule has 0 unspecified atom stereocenters. The fourth-order valence-corrected chi connectivity index (χ4v) is 2.97. The average Bonchev–Trinajstić information content (AvgIpc) is 2.78. The highest BCUT2D eigenvalue weighted by Crippen LogP contribution is 2.51. The van der Waals surface area contributed by atoms with E-state index in [4.69, 9.17) is 5.73 Å². The molecule has 4 heteroatoms. The number of rotatable bonds is 2. The molecule has 1 heterocycles. The lowest BCUT2D eigenvalue weighted by Crippen LogP contribution is -2.42. The molecule has 3 N–H and O–H groups in total. The summed E-state index contributed by atoms with van der Waals surface area (Å²) in [7, 11) is 0. The smallest absolute Gasteiger partial charge is 0.137 e. The third kappa shape index (κ3) is 1.52. The summed E-state index contributed by atoms with van der Waals surface area (Å²) in [5.74, 6) is 1.68. The van der Waals surface area contributed by atoms with Gasteiger partial charge in [0.15, 0.2) is 0 Å². The monoisotopic (exact) mass is 228 g/mol. The molecule has 1 aliphatic carbocycles. The molecular weight excluding hydrogens is 212 g/mol. The molecule has 17 heavy (non-hydrogen) atoms. The minimum atomic E-state index is -0.00863. The summed E-state index contributed by atoms with van der Waals surface area (Å²) < 4.78 is 0. The fourth-order valence-electron chi connectivity index (χ4n) is 2.97. The maximum Gasteiger partial charge on any atom is 0.137 e. The number of benzene rings is 1.